The first-order valence-electron chi connectivity index (χ1n) is 11.2. The minimum Gasteiger partial charge on any atom is -0.493 e. The quantitative estimate of drug-likeness (QED) is 0.565. The molecule has 0 bridgehead atoms. The van der Waals surface area contributed by atoms with Gasteiger partial charge in [-0.2, -0.15) is 0 Å². The fraction of sp³-hybridized carbons (Fsp3) is 0.480. The van der Waals surface area contributed by atoms with Crippen LogP contribution in [0, 0.1) is 0 Å². The average molecular weight is 459 g/mol. The van der Waals surface area contributed by atoms with Crippen LogP contribution in [0.25, 0.3) is 0 Å². The average Bonchev–Trinajstić information content (AvgIpc) is 2.80. The Kier molecular flexibility index (Phi) is 8.94. The van der Waals surface area contributed by atoms with Crippen molar-refractivity contribution in [3.8, 4) is 17.2 Å². The number of amides is 1. The van der Waals surface area contributed by atoms with Gasteiger partial charge in [0.05, 0.1) is 26.4 Å². The van der Waals surface area contributed by atoms with Crippen molar-refractivity contribution in [2.24, 2.45) is 0 Å². The molecule has 1 heterocycles. The molecule has 33 heavy (non-hydrogen) atoms. The molecule has 0 spiro atoms. The number of carbonyl (C=O) groups excluding carboxylic acids is 1. The summed E-state index contributed by atoms with van der Waals surface area (Å²) < 4.78 is 22.0. The summed E-state index contributed by atoms with van der Waals surface area (Å²) in [6.45, 7) is 6.82. The summed E-state index contributed by atoms with van der Waals surface area (Å²) in [6.07, 6.45) is -0.454. The summed E-state index contributed by atoms with van der Waals surface area (Å²) >= 11 is 0. The number of hydrogen-bond donors (Lipinski definition) is 2. The van der Waals surface area contributed by atoms with Crippen molar-refractivity contribution in [2.45, 2.75) is 38.7 Å². The molecule has 180 valence electrons. The number of benzene rings is 2. The topological polar surface area (TPSA) is 89.5 Å². The highest BCUT2D eigenvalue weighted by Gasteiger charge is 2.22. The number of morpholine rings is 1. The predicted molar refractivity (Wildman–Crippen MR) is 125 cm³/mol. The molecule has 0 aliphatic carbocycles. The van der Waals surface area contributed by atoms with Crippen LogP contribution in [0.4, 0.5) is 0 Å². The molecule has 1 fully saturated rings. The molecule has 3 atom stereocenters. The van der Waals surface area contributed by atoms with Gasteiger partial charge in [-0.15, -0.1) is 0 Å². The van der Waals surface area contributed by atoms with Gasteiger partial charge in [0.2, 0.25) is 5.75 Å². The number of para-hydroxylation sites is 1. The standard InChI is InChI=1S/C25H34N2O6/c1-17-13-27(14-18(2)33-17)15-19-8-10-20(11-9-19)25(29)26-12-21(28)16-32-24-22(30-3)6-5-7-23(24)31-4/h5-11,17-18,21,28H,12-16H2,1-4H3,(H,26,29). The second kappa shape index (κ2) is 11.9. The largest absolute Gasteiger partial charge is 0.493 e. The van der Waals surface area contributed by atoms with Gasteiger partial charge in [0, 0.05) is 31.7 Å². The zero-order chi connectivity index (χ0) is 23.8. The van der Waals surface area contributed by atoms with Crippen LogP contribution in [0.1, 0.15) is 29.8 Å². The van der Waals surface area contributed by atoms with Gasteiger partial charge >= 0.3 is 0 Å². The second-order valence-electron chi connectivity index (χ2n) is 8.31. The molecule has 2 aromatic rings. The molecule has 8 nitrogen and oxygen atoms in total. The Morgan fingerprint density at radius 1 is 1.09 bits per heavy atom. The number of hydrogen-bond acceptors (Lipinski definition) is 7. The number of aliphatic hydroxyl groups excluding tert-OH is 1. The first-order chi connectivity index (χ1) is 15.9. The van der Waals surface area contributed by atoms with E-state index in [1.54, 1.807) is 30.3 Å². The molecule has 3 unspecified atom stereocenters. The normalized spacial score (nSPS) is 19.5. The fourth-order valence-corrected chi connectivity index (χ4v) is 3.94. The summed E-state index contributed by atoms with van der Waals surface area (Å²) in [5, 5.41) is 13.0. The molecular weight excluding hydrogens is 424 g/mol. The third-order valence-electron chi connectivity index (χ3n) is 5.42. The maximum Gasteiger partial charge on any atom is 0.251 e. The van der Waals surface area contributed by atoms with Crippen LogP contribution in [0.2, 0.25) is 0 Å². The number of nitrogens with zero attached hydrogens (tertiary/aromatic N) is 1. The van der Waals surface area contributed by atoms with E-state index in [0.717, 1.165) is 25.2 Å². The number of carbonyl (C=O) groups is 1. The van der Waals surface area contributed by atoms with Crippen molar-refractivity contribution in [2.75, 3.05) is 40.5 Å². The van der Waals surface area contributed by atoms with Gasteiger partial charge in [0.25, 0.3) is 5.91 Å². The number of aliphatic hydroxyl groups is 1. The van der Waals surface area contributed by atoms with E-state index in [4.69, 9.17) is 18.9 Å². The molecular formula is C25H34N2O6. The third kappa shape index (κ3) is 7.08. The van der Waals surface area contributed by atoms with Crippen LogP contribution in [-0.2, 0) is 11.3 Å². The SMILES string of the molecule is COc1cccc(OC)c1OCC(O)CNC(=O)c1ccc(CN2CC(C)OC(C)C2)cc1. The summed E-state index contributed by atoms with van der Waals surface area (Å²) in [4.78, 5) is 14.8. The van der Waals surface area contributed by atoms with Crippen LogP contribution in [0.3, 0.4) is 0 Å². The van der Waals surface area contributed by atoms with E-state index < -0.39 is 6.10 Å². The van der Waals surface area contributed by atoms with E-state index in [1.807, 2.05) is 12.1 Å². The highest BCUT2D eigenvalue weighted by Crippen LogP contribution is 2.36. The zero-order valence-electron chi connectivity index (χ0n) is 19.7. The fourth-order valence-electron chi connectivity index (χ4n) is 3.94. The van der Waals surface area contributed by atoms with Gasteiger partial charge < -0.3 is 29.4 Å². The second-order valence-corrected chi connectivity index (χ2v) is 8.31. The van der Waals surface area contributed by atoms with Gasteiger partial charge in [-0.1, -0.05) is 18.2 Å². The molecule has 1 aliphatic rings. The molecule has 2 aromatic carbocycles. The van der Waals surface area contributed by atoms with Gasteiger partial charge in [0.1, 0.15) is 12.7 Å². The zero-order valence-corrected chi connectivity index (χ0v) is 19.7. The van der Waals surface area contributed by atoms with E-state index in [9.17, 15) is 9.90 Å². The monoisotopic (exact) mass is 458 g/mol. The van der Waals surface area contributed by atoms with E-state index >= 15 is 0 Å². The Labute approximate surface area is 195 Å². The van der Waals surface area contributed by atoms with Gasteiger partial charge in [0.15, 0.2) is 11.5 Å². The summed E-state index contributed by atoms with van der Waals surface area (Å²) in [5.41, 5.74) is 1.69. The van der Waals surface area contributed by atoms with Crippen molar-refractivity contribution in [3.63, 3.8) is 0 Å². The van der Waals surface area contributed by atoms with Crippen molar-refractivity contribution in [1.82, 2.24) is 10.2 Å². The summed E-state index contributed by atoms with van der Waals surface area (Å²) in [5.74, 6) is 1.18. The molecule has 0 radical (unpaired) electrons. The Hall–Kier alpha value is -2.81. The Morgan fingerprint density at radius 2 is 1.70 bits per heavy atom. The molecule has 1 saturated heterocycles. The lowest BCUT2D eigenvalue weighted by atomic mass is 10.1. The predicted octanol–water partition coefficient (Wildman–Crippen LogP) is 2.48. The molecule has 8 heteroatoms. The van der Waals surface area contributed by atoms with Crippen molar-refractivity contribution >= 4 is 5.91 Å². The molecule has 3 rings (SSSR count). The first-order valence-corrected chi connectivity index (χ1v) is 11.2. The number of nitrogens with one attached hydrogen (secondary N) is 1. The van der Waals surface area contributed by atoms with E-state index in [-0.39, 0.29) is 31.3 Å². The maximum atomic E-state index is 12.5. The van der Waals surface area contributed by atoms with Crippen molar-refractivity contribution in [3.05, 3.63) is 53.6 Å². The number of rotatable bonds is 10. The first kappa shape index (κ1) is 24.8. The van der Waals surface area contributed by atoms with E-state index in [2.05, 4.69) is 24.1 Å². The van der Waals surface area contributed by atoms with Crippen LogP contribution >= 0.6 is 0 Å². The lowest BCUT2D eigenvalue weighted by molar-refractivity contribution is -0.0704. The van der Waals surface area contributed by atoms with E-state index in [1.165, 1.54) is 14.2 Å². The Bertz CT molecular complexity index is 872. The van der Waals surface area contributed by atoms with E-state index in [0.29, 0.717) is 22.8 Å². The summed E-state index contributed by atoms with van der Waals surface area (Å²) in [7, 11) is 3.07. The van der Waals surface area contributed by atoms with Crippen molar-refractivity contribution in [1.29, 1.82) is 0 Å². The van der Waals surface area contributed by atoms with Crippen LogP contribution in [0.15, 0.2) is 42.5 Å². The van der Waals surface area contributed by atoms with Gasteiger partial charge in [-0.25, -0.2) is 0 Å². The summed E-state index contributed by atoms with van der Waals surface area (Å²) in [6, 6.07) is 12.8. The highest BCUT2D eigenvalue weighted by molar-refractivity contribution is 5.94. The van der Waals surface area contributed by atoms with Crippen LogP contribution in [0.5, 0.6) is 17.2 Å². The van der Waals surface area contributed by atoms with Gasteiger partial charge in [-0.05, 0) is 43.7 Å². The lowest BCUT2D eigenvalue weighted by Gasteiger charge is -2.35. The Morgan fingerprint density at radius 3 is 2.27 bits per heavy atom. The number of methoxy groups -OCH3 is 2. The van der Waals surface area contributed by atoms with Crippen LogP contribution in [-0.4, -0.2) is 74.7 Å². The number of ether oxygens (including phenoxy) is 4. The van der Waals surface area contributed by atoms with Crippen molar-refractivity contribution < 1.29 is 28.8 Å². The lowest BCUT2D eigenvalue weighted by Crippen LogP contribution is -2.44. The minimum absolute atomic E-state index is 0.0215. The maximum absolute atomic E-state index is 12.5. The third-order valence-corrected chi connectivity index (χ3v) is 5.42. The molecule has 0 saturated carbocycles. The van der Waals surface area contributed by atoms with Gasteiger partial charge in [-0.3, -0.25) is 9.69 Å². The Balaban J connectivity index is 1.47. The molecule has 2 N–H and O–H groups in total. The molecule has 0 aromatic heterocycles. The molecule has 1 aliphatic heterocycles. The smallest absolute Gasteiger partial charge is 0.251 e. The molecule has 1 amide bonds. The minimum atomic E-state index is -0.895. The highest BCUT2D eigenvalue weighted by atomic mass is 16.5. The van der Waals surface area contributed by atoms with Crippen LogP contribution < -0.4 is 19.5 Å².